The van der Waals surface area contributed by atoms with Gasteiger partial charge in [-0.15, -0.1) is 0 Å². The molecule has 0 unspecified atom stereocenters. The van der Waals surface area contributed by atoms with Crippen molar-refractivity contribution in [2.24, 2.45) is 0 Å². The fraction of sp³-hybridized carbons (Fsp3) is 0.188. The SMILES string of the molecule is Cc1cc(Br)cc(-c2cc(C(F)(F)F)nc3c(C)c[nH]c23)c1. The Morgan fingerprint density at radius 3 is 2.45 bits per heavy atom. The van der Waals surface area contributed by atoms with Gasteiger partial charge in [0.2, 0.25) is 0 Å². The topological polar surface area (TPSA) is 28.7 Å². The van der Waals surface area contributed by atoms with Crippen molar-refractivity contribution in [2.45, 2.75) is 20.0 Å². The molecule has 0 aliphatic rings. The number of rotatable bonds is 1. The number of hydrogen-bond acceptors (Lipinski definition) is 1. The van der Waals surface area contributed by atoms with Crippen LogP contribution in [0.5, 0.6) is 0 Å². The summed E-state index contributed by atoms with van der Waals surface area (Å²) >= 11 is 3.39. The van der Waals surface area contributed by atoms with Crippen LogP contribution >= 0.6 is 15.9 Å². The van der Waals surface area contributed by atoms with Crippen molar-refractivity contribution in [1.29, 1.82) is 0 Å². The van der Waals surface area contributed by atoms with Gasteiger partial charge in [-0.25, -0.2) is 4.98 Å². The lowest BCUT2D eigenvalue weighted by molar-refractivity contribution is -0.140. The second-order valence-corrected chi connectivity index (χ2v) is 6.18. The fourth-order valence-corrected chi connectivity index (χ4v) is 3.10. The zero-order chi connectivity index (χ0) is 16.1. The number of H-pyrrole nitrogens is 1. The molecule has 3 rings (SSSR count). The van der Waals surface area contributed by atoms with E-state index < -0.39 is 11.9 Å². The Balaban J connectivity index is 2.36. The summed E-state index contributed by atoms with van der Waals surface area (Å²) in [6.07, 6.45) is -2.81. The summed E-state index contributed by atoms with van der Waals surface area (Å²) in [6, 6.07) is 6.67. The lowest BCUT2D eigenvalue weighted by Crippen LogP contribution is -2.08. The maximum atomic E-state index is 13.1. The number of alkyl halides is 3. The van der Waals surface area contributed by atoms with Gasteiger partial charge in [0.25, 0.3) is 0 Å². The molecule has 1 aromatic carbocycles. The number of aromatic nitrogens is 2. The van der Waals surface area contributed by atoms with Crippen molar-refractivity contribution in [2.75, 3.05) is 0 Å². The first-order valence-corrected chi connectivity index (χ1v) is 7.38. The second-order valence-electron chi connectivity index (χ2n) is 5.27. The maximum Gasteiger partial charge on any atom is 0.433 e. The number of hydrogen-bond donors (Lipinski definition) is 1. The molecule has 0 radical (unpaired) electrons. The number of aromatic amines is 1. The van der Waals surface area contributed by atoms with E-state index in [2.05, 4.69) is 25.9 Å². The van der Waals surface area contributed by atoms with E-state index in [0.29, 0.717) is 27.7 Å². The van der Waals surface area contributed by atoms with E-state index in [1.165, 1.54) is 0 Å². The van der Waals surface area contributed by atoms with E-state index in [0.717, 1.165) is 16.1 Å². The monoisotopic (exact) mass is 368 g/mol. The van der Waals surface area contributed by atoms with Crippen molar-refractivity contribution in [3.8, 4) is 11.1 Å². The molecule has 1 N–H and O–H groups in total. The van der Waals surface area contributed by atoms with Gasteiger partial charge in [0.15, 0.2) is 0 Å². The molecule has 0 saturated heterocycles. The predicted molar refractivity (Wildman–Crippen MR) is 83.7 cm³/mol. The Morgan fingerprint density at radius 2 is 1.82 bits per heavy atom. The third kappa shape index (κ3) is 2.63. The molecule has 0 amide bonds. The van der Waals surface area contributed by atoms with Gasteiger partial charge in [-0.2, -0.15) is 13.2 Å². The van der Waals surface area contributed by atoms with E-state index in [1.54, 1.807) is 19.2 Å². The van der Waals surface area contributed by atoms with Gasteiger partial charge in [-0.1, -0.05) is 22.0 Å². The van der Waals surface area contributed by atoms with E-state index in [-0.39, 0.29) is 0 Å². The number of aryl methyl sites for hydroxylation is 2. The zero-order valence-electron chi connectivity index (χ0n) is 11.8. The third-order valence-corrected chi connectivity index (χ3v) is 3.93. The van der Waals surface area contributed by atoms with Crippen LogP contribution in [-0.2, 0) is 6.18 Å². The first kappa shape index (κ1) is 15.1. The lowest BCUT2D eigenvalue weighted by Gasteiger charge is -2.11. The number of fused-ring (bicyclic) bond motifs is 1. The van der Waals surface area contributed by atoms with Gasteiger partial charge < -0.3 is 4.98 Å². The minimum atomic E-state index is -4.48. The van der Waals surface area contributed by atoms with Crippen LogP contribution in [0.25, 0.3) is 22.2 Å². The molecule has 2 heterocycles. The minimum absolute atomic E-state index is 0.349. The average Bonchev–Trinajstić information content (AvgIpc) is 2.77. The molecule has 0 aliphatic heterocycles. The van der Waals surface area contributed by atoms with Crippen molar-refractivity contribution in [1.82, 2.24) is 9.97 Å². The summed E-state index contributed by atoms with van der Waals surface area (Å²) in [5.74, 6) is 0. The smallest absolute Gasteiger partial charge is 0.359 e. The van der Waals surface area contributed by atoms with E-state index in [9.17, 15) is 13.2 Å². The van der Waals surface area contributed by atoms with Crippen molar-refractivity contribution in [3.63, 3.8) is 0 Å². The number of pyridine rings is 1. The molecule has 0 atom stereocenters. The highest BCUT2D eigenvalue weighted by Gasteiger charge is 2.34. The summed E-state index contributed by atoms with van der Waals surface area (Å²) in [4.78, 5) is 6.80. The van der Waals surface area contributed by atoms with Gasteiger partial charge >= 0.3 is 6.18 Å². The highest BCUT2D eigenvalue weighted by Crippen LogP contribution is 2.36. The molecule has 6 heteroatoms. The van der Waals surface area contributed by atoms with Crippen molar-refractivity contribution >= 4 is 27.0 Å². The van der Waals surface area contributed by atoms with Crippen molar-refractivity contribution < 1.29 is 13.2 Å². The first-order chi connectivity index (χ1) is 10.3. The van der Waals surface area contributed by atoms with Gasteiger partial charge in [0.1, 0.15) is 5.69 Å². The molecule has 0 saturated carbocycles. The van der Waals surface area contributed by atoms with E-state index in [4.69, 9.17) is 0 Å². The molecular formula is C16H12BrF3N2. The number of halogens is 4. The number of nitrogens with zero attached hydrogens (tertiary/aromatic N) is 1. The molecule has 22 heavy (non-hydrogen) atoms. The van der Waals surface area contributed by atoms with Crippen LogP contribution in [0.15, 0.2) is 34.9 Å². The lowest BCUT2D eigenvalue weighted by atomic mass is 10.0. The van der Waals surface area contributed by atoms with Gasteiger partial charge in [0.05, 0.1) is 11.0 Å². The zero-order valence-corrected chi connectivity index (χ0v) is 13.4. The second kappa shape index (κ2) is 5.12. The first-order valence-electron chi connectivity index (χ1n) is 6.59. The molecular weight excluding hydrogens is 357 g/mol. The Morgan fingerprint density at radius 1 is 1.09 bits per heavy atom. The highest BCUT2D eigenvalue weighted by molar-refractivity contribution is 9.10. The Kier molecular flexibility index (Phi) is 3.51. The summed E-state index contributed by atoms with van der Waals surface area (Å²) in [5.41, 5.74) is 2.95. The van der Waals surface area contributed by atoms with Crippen molar-refractivity contribution in [3.05, 3.63) is 51.8 Å². The van der Waals surface area contributed by atoms with Crippen LogP contribution in [-0.4, -0.2) is 9.97 Å². The van der Waals surface area contributed by atoms with Gasteiger partial charge in [-0.3, -0.25) is 0 Å². The largest absolute Gasteiger partial charge is 0.433 e. The van der Waals surface area contributed by atoms with Crippen LogP contribution < -0.4 is 0 Å². The molecule has 3 aromatic rings. The summed E-state index contributed by atoms with van der Waals surface area (Å²) in [6.45, 7) is 3.64. The Bertz CT molecular complexity index is 845. The predicted octanol–water partition coefficient (Wildman–Crippen LogP) is 5.63. The number of benzene rings is 1. The minimum Gasteiger partial charge on any atom is -0.359 e. The maximum absolute atomic E-state index is 13.1. The van der Waals surface area contributed by atoms with Crippen LogP contribution in [0.1, 0.15) is 16.8 Å². The molecule has 114 valence electrons. The van der Waals surface area contributed by atoms with Crippen LogP contribution in [0.3, 0.4) is 0 Å². The molecule has 0 aliphatic carbocycles. The van der Waals surface area contributed by atoms with Crippen LogP contribution in [0.2, 0.25) is 0 Å². The molecule has 2 aromatic heterocycles. The molecule has 0 fully saturated rings. The normalized spacial score (nSPS) is 12.1. The van der Waals surface area contributed by atoms with Crippen LogP contribution in [0, 0.1) is 13.8 Å². The van der Waals surface area contributed by atoms with E-state index in [1.807, 2.05) is 19.1 Å². The summed E-state index contributed by atoms with van der Waals surface area (Å²) < 4.78 is 40.2. The Labute approximate surface area is 133 Å². The van der Waals surface area contributed by atoms with Crippen LogP contribution in [0.4, 0.5) is 13.2 Å². The molecule has 0 bridgehead atoms. The fourth-order valence-electron chi connectivity index (χ4n) is 2.49. The van der Waals surface area contributed by atoms with E-state index >= 15 is 0 Å². The summed E-state index contributed by atoms with van der Waals surface area (Å²) in [5, 5.41) is 0. The quantitative estimate of drug-likeness (QED) is 0.592. The standard InChI is InChI=1S/C16H12BrF3N2/c1-8-3-10(5-11(17)4-8)12-6-13(16(18,19)20)22-14-9(2)7-21-15(12)14/h3-7,21H,1-2H3. The Hall–Kier alpha value is -1.82. The molecule has 2 nitrogen and oxygen atoms in total. The molecule has 0 spiro atoms. The summed E-state index contributed by atoms with van der Waals surface area (Å²) in [7, 11) is 0. The van der Waals surface area contributed by atoms with Gasteiger partial charge in [-0.05, 0) is 48.7 Å². The third-order valence-electron chi connectivity index (χ3n) is 3.47. The van der Waals surface area contributed by atoms with Gasteiger partial charge in [0, 0.05) is 16.2 Å². The highest BCUT2D eigenvalue weighted by atomic mass is 79.9. The number of nitrogens with one attached hydrogen (secondary N) is 1. The average molecular weight is 369 g/mol.